The Morgan fingerprint density at radius 1 is 1.41 bits per heavy atom. The van der Waals surface area contributed by atoms with Gasteiger partial charge in [0.2, 0.25) is 0 Å². The third kappa shape index (κ3) is 4.77. The molecule has 1 atom stereocenters. The maximum atomic E-state index is 12.7. The summed E-state index contributed by atoms with van der Waals surface area (Å²) in [5.41, 5.74) is 4.12. The lowest BCUT2D eigenvalue weighted by molar-refractivity contribution is -0.112. The molecule has 2 aromatic heterocycles. The summed E-state index contributed by atoms with van der Waals surface area (Å²) < 4.78 is 7.43. The van der Waals surface area contributed by atoms with Gasteiger partial charge in [-0.2, -0.15) is 5.26 Å². The number of carbonyl (C=O) groups excluding carboxylic acids is 1. The first-order valence-corrected chi connectivity index (χ1v) is 10.8. The van der Waals surface area contributed by atoms with Crippen molar-refractivity contribution in [3.8, 4) is 6.07 Å². The van der Waals surface area contributed by atoms with Gasteiger partial charge >= 0.3 is 0 Å². The van der Waals surface area contributed by atoms with Crippen molar-refractivity contribution in [2.24, 2.45) is 0 Å². The van der Waals surface area contributed by atoms with Gasteiger partial charge in [-0.1, -0.05) is 6.42 Å². The molecular weight excluding hydrogens is 384 g/mol. The van der Waals surface area contributed by atoms with E-state index in [1.54, 1.807) is 13.2 Å². The SMILES string of the molecule is COCC(C)n1c(C)cc(/C=C(/C#N)C(=O)Nc2nc3c(s2)CCCCC3)c1C. The van der Waals surface area contributed by atoms with Gasteiger partial charge < -0.3 is 9.30 Å². The first kappa shape index (κ1) is 21.3. The lowest BCUT2D eigenvalue weighted by Crippen LogP contribution is -2.14. The Bertz CT molecular complexity index is 941. The first-order valence-electron chi connectivity index (χ1n) is 10.0. The Balaban J connectivity index is 1.81. The number of aromatic nitrogens is 2. The molecule has 29 heavy (non-hydrogen) atoms. The predicted molar refractivity (Wildman–Crippen MR) is 116 cm³/mol. The maximum absolute atomic E-state index is 12.7. The molecule has 0 aromatic carbocycles. The summed E-state index contributed by atoms with van der Waals surface area (Å²) >= 11 is 1.53. The average molecular weight is 413 g/mol. The van der Waals surface area contributed by atoms with Crippen LogP contribution in [0.25, 0.3) is 6.08 Å². The summed E-state index contributed by atoms with van der Waals surface area (Å²) in [4.78, 5) is 18.6. The minimum atomic E-state index is -0.411. The van der Waals surface area contributed by atoms with Gasteiger partial charge in [0.25, 0.3) is 5.91 Å². The fraction of sp³-hybridized carbons (Fsp3) is 0.500. The van der Waals surface area contributed by atoms with Gasteiger partial charge in [-0.05, 0) is 64.2 Å². The largest absolute Gasteiger partial charge is 0.383 e. The summed E-state index contributed by atoms with van der Waals surface area (Å²) in [7, 11) is 1.68. The molecule has 154 valence electrons. The standard InChI is InChI=1S/C22H28N4O2S/c1-14-10-17(16(3)26(14)15(2)13-28-4)11-18(12-23)21(27)25-22-24-19-8-6-5-7-9-20(19)29-22/h10-11,15H,5-9,13H2,1-4H3,(H,24,25,27)/b18-11-. The third-order valence-corrected chi connectivity index (χ3v) is 6.43. The molecule has 0 saturated heterocycles. The van der Waals surface area contributed by atoms with E-state index in [0.29, 0.717) is 11.7 Å². The number of rotatable bonds is 6. The van der Waals surface area contributed by atoms with Crippen LogP contribution >= 0.6 is 11.3 Å². The van der Waals surface area contributed by atoms with Crippen molar-refractivity contribution in [3.05, 3.63) is 39.2 Å². The van der Waals surface area contributed by atoms with Crippen LogP contribution in [-0.4, -0.2) is 29.2 Å². The van der Waals surface area contributed by atoms with Crippen LogP contribution in [0.2, 0.25) is 0 Å². The van der Waals surface area contributed by atoms with Crippen LogP contribution in [0.5, 0.6) is 0 Å². The third-order valence-electron chi connectivity index (χ3n) is 5.35. The Morgan fingerprint density at radius 2 is 2.17 bits per heavy atom. The monoisotopic (exact) mass is 412 g/mol. The highest BCUT2D eigenvalue weighted by molar-refractivity contribution is 7.15. The molecule has 1 N–H and O–H groups in total. The number of fused-ring (bicyclic) bond motifs is 1. The molecule has 0 saturated carbocycles. The van der Waals surface area contributed by atoms with Crippen molar-refractivity contribution in [2.45, 2.75) is 58.9 Å². The van der Waals surface area contributed by atoms with Crippen molar-refractivity contribution in [2.75, 3.05) is 19.0 Å². The normalized spacial score (nSPS) is 15.3. The van der Waals surface area contributed by atoms with E-state index >= 15 is 0 Å². The van der Waals surface area contributed by atoms with Crippen LogP contribution in [0.15, 0.2) is 11.6 Å². The van der Waals surface area contributed by atoms with Gasteiger partial charge in [0.05, 0.1) is 18.3 Å². The summed E-state index contributed by atoms with van der Waals surface area (Å²) in [5, 5.41) is 13.0. The smallest absolute Gasteiger partial charge is 0.268 e. The summed E-state index contributed by atoms with van der Waals surface area (Å²) in [6.07, 6.45) is 7.19. The lowest BCUT2D eigenvalue weighted by atomic mass is 10.1. The number of hydrogen-bond acceptors (Lipinski definition) is 5. The van der Waals surface area contributed by atoms with E-state index < -0.39 is 5.91 Å². The Hall–Kier alpha value is -2.43. The molecule has 1 aliphatic carbocycles. The Labute approximate surface area is 176 Å². The van der Waals surface area contributed by atoms with Gasteiger partial charge in [-0.15, -0.1) is 11.3 Å². The molecule has 0 aliphatic heterocycles. The van der Waals surface area contributed by atoms with Gasteiger partial charge in [-0.25, -0.2) is 4.98 Å². The summed E-state index contributed by atoms with van der Waals surface area (Å²) in [5.74, 6) is -0.411. The molecule has 0 spiro atoms. The molecular formula is C22H28N4O2S. The minimum Gasteiger partial charge on any atom is -0.383 e. The molecule has 1 amide bonds. The molecule has 6 nitrogen and oxygen atoms in total. The zero-order valence-electron chi connectivity index (χ0n) is 17.5. The second kappa shape index (κ2) is 9.38. The molecule has 3 rings (SSSR count). The van der Waals surface area contributed by atoms with E-state index in [4.69, 9.17) is 4.74 Å². The van der Waals surface area contributed by atoms with Crippen LogP contribution in [0.3, 0.4) is 0 Å². The Morgan fingerprint density at radius 3 is 2.90 bits per heavy atom. The van der Waals surface area contributed by atoms with Crippen LogP contribution in [0, 0.1) is 25.2 Å². The number of anilines is 1. The fourth-order valence-electron chi connectivity index (χ4n) is 3.99. The predicted octanol–water partition coefficient (Wildman–Crippen LogP) is 4.58. The molecule has 7 heteroatoms. The van der Waals surface area contributed by atoms with Crippen molar-refractivity contribution in [1.82, 2.24) is 9.55 Å². The van der Waals surface area contributed by atoms with Gasteiger partial charge in [-0.3, -0.25) is 10.1 Å². The second-order valence-corrected chi connectivity index (χ2v) is 8.66. The highest BCUT2D eigenvalue weighted by Crippen LogP contribution is 2.29. The van der Waals surface area contributed by atoms with E-state index in [9.17, 15) is 10.1 Å². The van der Waals surface area contributed by atoms with Crippen LogP contribution in [-0.2, 0) is 22.4 Å². The highest BCUT2D eigenvalue weighted by atomic mass is 32.1. The number of nitriles is 1. The molecule has 2 heterocycles. The number of thiazole rings is 1. The molecule has 1 aliphatic rings. The quantitative estimate of drug-likeness (QED) is 0.428. The Kier molecular flexibility index (Phi) is 6.88. The van der Waals surface area contributed by atoms with E-state index in [2.05, 4.69) is 21.8 Å². The number of hydrogen-bond donors (Lipinski definition) is 1. The fourth-order valence-corrected chi connectivity index (χ4v) is 5.04. The number of amides is 1. The molecule has 1 unspecified atom stereocenters. The van der Waals surface area contributed by atoms with E-state index in [1.165, 1.54) is 29.1 Å². The van der Waals surface area contributed by atoms with Crippen molar-refractivity contribution < 1.29 is 9.53 Å². The van der Waals surface area contributed by atoms with E-state index in [-0.39, 0.29) is 11.6 Å². The topological polar surface area (TPSA) is 79.9 Å². The van der Waals surface area contributed by atoms with Crippen molar-refractivity contribution in [1.29, 1.82) is 5.26 Å². The van der Waals surface area contributed by atoms with Gasteiger partial charge in [0, 0.05) is 23.4 Å². The van der Waals surface area contributed by atoms with Crippen molar-refractivity contribution in [3.63, 3.8) is 0 Å². The zero-order chi connectivity index (χ0) is 21.0. The number of carbonyl (C=O) groups is 1. The number of nitrogens with one attached hydrogen (secondary N) is 1. The van der Waals surface area contributed by atoms with Gasteiger partial charge in [0.1, 0.15) is 11.6 Å². The van der Waals surface area contributed by atoms with Crippen LogP contribution < -0.4 is 5.32 Å². The number of nitrogens with zero attached hydrogens (tertiary/aromatic N) is 3. The highest BCUT2D eigenvalue weighted by Gasteiger charge is 2.19. The average Bonchev–Trinajstić information content (AvgIpc) is 3.10. The van der Waals surface area contributed by atoms with E-state index in [1.807, 2.05) is 26.0 Å². The molecule has 2 aromatic rings. The lowest BCUT2D eigenvalue weighted by Gasteiger charge is -2.17. The minimum absolute atomic E-state index is 0.0787. The molecule has 0 radical (unpaired) electrons. The molecule has 0 bridgehead atoms. The first-order chi connectivity index (χ1) is 13.9. The van der Waals surface area contributed by atoms with Crippen LogP contribution in [0.1, 0.15) is 59.8 Å². The summed E-state index contributed by atoms with van der Waals surface area (Å²) in [6, 6.07) is 4.22. The number of ether oxygens (including phenoxy) is 1. The van der Waals surface area contributed by atoms with E-state index in [0.717, 1.165) is 41.9 Å². The summed E-state index contributed by atoms with van der Waals surface area (Å²) in [6.45, 7) is 6.70. The maximum Gasteiger partial charge on any atom is 0.268 e. The second-order valence-electron chi connectivity index (χ2n) is 7.57. The number of aryl methyl sites for hydroxylation is 3. The zero-order valence-corrected chi connectivity index (χ0v) is 18.4. The van der Waals surface area contributed by atoms with Gasteiger partial charge in [0.15, 0.2) is 5.13 Å². The molecule has 0 fully saturated rings. The van der Waals surface area contributed by atoms with Crippen LogP contribution in [0.4, 0.5) is 5.13 Å². The van der Waals surface area contributed by atoms with Crippen molar-refractivity contribution >= 4 is 28.5 Å². The number of methoxy groups -OCH3 is 1.